The summed E-state index contributed by atoms with van der Waals surface area (Å²) >= 11 is 1.50. The molecule has 28 heavy (non-hydrogen) atoms. The Kier molecular flexibility index (Phi) is 6.55. The van der Waals surface area contributed by atoms with Crippen molar-refractivity contribution in [2.45, 2.75) is 26.9 Å². The Morgan fingerprint density at radius 2 is 1.75 bits per heavy atom. The molecule has 3 rings (SSSR count). The lowest BCUT2D eigenvalue weighted by Crippen LogP contribution is -2.31. The molecule has 1 N–H and O–H groups in total. The maximum atomic E-state index is 12.3. The number of esters is 1. The summed E-state index contributed by atoms with van der Waals surface area (Å²) in [7, 11) is 0. The number of nitrogens with one attached hydrogen (secondary N) is 1. The molecular weight excluding hydrogens is 372 g/mol. The van der Waals surface area contributed by atoms with Gasteiger partial charge in [0.15, 0.2) is 0 Å². The van der Waals surface area contributed by atoms with E-state index in [9.17, 15) is 9.59 Å². The van der Waals surface area contributed by atoms with Gasteiger partial charge in [0.1, 0.15) is 13.2 Å². The van der Waals surface area contributed by atoms with Crippen molar-refractivity contribution in [2.75, 3.05) is 6.54 Å². The zero-order chi connectivity index (χ0) is 19.9. The zero-order valence-corrected chi connectivity index (χ0v) is 16.7. The van der Waals surface area contributed by atoms with Crippen LogP contribution in [-0.2, 0) is 27.4 Å². The third kappa shape index (κ3) is 5.50. The van der Waals surface area contributed by atoms with Crippen molar-refractivity contribution in [1.29, 1.82) is 0 Å². The van der Waals surface area contributed by atoms with Gasteiger partial charge in [0.2, 0.25) is 5.91 Å². The number of amides is 1. The Morgan fingerprint density at radius 3 is 2.46 bits per heavy atom. The minimum absolute atomic E-state index is 0.149. The number of aryl methyl sites for hydroxylation is 2. The van der Waals surface area contributed by atoms with Gasteiger partial charge in [0, 0.05) is 10.4 Å². The van der Waals surface area contributed by atoms with Crippen LogP contribution >= 0.6 is 11.3 Å². The first-order valence-electron chi connectivity index (χ1n) is 9.01. The number of carbonyl (C=O) groups excluding carboxylic acids is 2. The van der Waals surface area contributed by atoms with Gasteiger partial charge in [-0.15, -0.1) is 11.3 Å². The number of carbonyl (C=O) groups is 2. The second-order valence-corrected chi connectivity index (χ2v) is 7.76. The van der Waals surface area contributed by atoms with Crippen LogP contribution in [0.1, 0.15) is 21.0 Å². The maximum absolute atomic E-state index is 12.3. The third-order valence-electron chi connectivity index (χ3n) is 4.12. The van der Waals surface area contributed by atoms with Crippen LogP contribution in [0.5, 0.6) is 0 Å². The molecule has 2 aromatic carbocycles. The van der Waals surface area contributed by atoms with E-state index < -0.39 is 5.97 Å². The molecule has 3 aromatic rings. The van der Waals surface area contributed by atoms with Gasteiger partial charge < -0.3 is 10.1 Å². The van der Waals surface area contributed by atoms with Crippen LogP contribution in [0.25, 0.3) is 11.3 Å². The number of hydrogen-bond donors (Lipinski definition) is 1. The molecule has 144 valence electrons. The predicted octanol–water partition coefficient (Wildman–Crippen LogP) is 3.83. The molecule has 0 aliphatic rings. The summed E-state index contributed by atoms with van der Waals surface area (Å²) < 4.78 is 5.17. The summed E-state index contributed by atoms with van der Waals surface area (Å²) in [6, 6.07) is 17.5. The van der Waals surface area contributed by atoms with Crippen molar-refractivity contribution in [2.24, 2.45) is 0 Å². The lowest BCUT2D eigenvalue weighted by molar-refractivity contribution is -0.145. The molecule has 0 bridgehead atoms. The lowest BCUT2D eigenvalue weighted by Gasteiger charge is -2.07. The highest BCUT2D eigenvalue weighted by atomic mass is 32.1. The molecular formula is C22H22N2O3S. The number of benzene rings is 2. The summed E-state index contributed by atoms with van der Waals surface area (Å²) in [4.78, 5) is 29.6. The normalized spacial score (nSPS) is 10.5. The minimum atomic E-state index is -0.462. The van der Waals surface area contributed by atoms with E-state index in [1.54, 1.807) is 0 Å². The van der Waals surface area contributed by atoms with Gasteiger partial charge in [-0.05, 0) is 19.4 Å². The molecule has 1 aromatic heterocycles. The molecule has 0 unspecified atom stereocenters. The van der Waals surface area contributed by atoms with Crippen molar-refractivity contribution in [3.63, 3.8) is 0 Å². The highest BCUT2D eigenvalue weighted by Gasteiger charge is 2.15. The zero-order valence-electron chi connectivity index (χ0n) is 15.9. The molecule has 6 heteroatoms. The molecule has 0 fully saturated rings. The summed E-state index contributed by atoms with van der Waals surface area (Å²) in [5.41, 5.74) is 3.89. The van der Waals surface area contributed by atoms with Crippen LogP contribution in [0.3, 0.4) is 0 Å². The summed E-state index contributed by atoms with van der Waals surface area (Å²) in [6.45, 7) is 4.00. The Balaban J connectivity index is 1.53. The third-order valence-corrected chi connectivity index (χ3v) is 5.09. The van der Waals surface area contributed by atoms with Crippen molar-refractivity contribution < 1.29 is 14.3 Å². The van der Waals surface area contributed by atoms with Crippen molar-refractivity contribution >= 4 is 23.2 Å². The van der Waals surface area contributed by atoms with E-state index in [0.29, 0.717) is 0 Å². The molecule has 0 atom stereocenters. The first-order valence-corrected chi connectivity index (χ1v) is 9.82. The standard InChI is InChI=1S/C22H22N2O3S/c1-15-8-10-18(11-9-15)22-19(28-16(2)24-22)12-20(25)23-13-21(26)27-14-17-6-4-3-5-7-17/h3-11H,12-14H2,1-2H3,(H,23,25). The molecule has 1 heterocycles. The maximum Gasteiger partial charge on any atom is 0.325 e. The van der Waals surface area contributed by atoms with Crippen molar-refractivity contribution in [3.05, 3.63) is 75.6 Å². The molecule has 0 aliphatic carbocycles. The van der Waals surface area contributed by atoms with Gasteiger partial charge in [-0.3, -0.25) is 9.59 Å². The van der Waals surface area contributed by atoms with E-state index in [2.05, 4.69) is 10.3 Å². The Bertz CT molecular complexity index is 950. The average molecular weight is 394 g/mol. The molecule has 0 saturated carbocycles. The van der Waals surface area contributed by atoms with E-state index in [1.165, 1.54) is 16.9 Å². The van der Waals surface area contributed by atoms with Gasteiger partial charge in [-0.1, -0.05) is 60.2 Å². The molecule has 0 aliphatic heterocycles. The Hall–Kier alpha value is -2.99. The number of hydrogen-bond acceptors (Lipinski definition) is 5. The summed E-state index contributed by atoms with van der Waals surface area (Å²) in [5, 5.41) is 3.53. The Labute approximate surface area is 168 Å². The van der Waals surface area contributed by atoms with Gasteiger partial charge >= 0.3 is 5.97 Å². The lowest BCUT2D eigenvalue weighted by atomic mass is 10.1. The molecule has 0 spiro atoms. The van der Waals surface area contributed by atoms with Crippen molar-refractivity contribution in [1.82, 2.24) is 10.3 Å². The Morgan fingerprint density at radius 1 is 1.04 bits per heavy atom. The van der Waals surface area contributed by atoms with E-state index in [4.69, 9.17) is 4.74 Å². The second-order valence-electron chi connectivity index (χ2n) is 6.47. The van der Waals surface area contributed by atoms with E-state index in [0.717, 1.165) is 26.7 Å². The first kappa shape index (κ1) is 19.8. The number of rotatable bonds is 7. The van der Waals surface area contributed by atoms with Gasteiger partial charge in [-0.2, -0.15) is 0 Å². The average Bonchev–Trinajstić information content (AvgIpc) is 3.06. The van der Waals surface area contributed by atoms with Crippen LogP contribution in [-0.4, -0.2) is 23.4 Å². The highest BCUT2D eigenvalue weighted by molar-refractivity contribution is 7.12. The molecule has 5 nitrogen and oxygen atoms in total. The quantitative estimate of drug-likeness (QED) is 0.619. The first-order chi connectivity index (χ1) is 13.5. The number of aromatic nitrogens is 1. The van der Waals surface area contributed by atoms with Crippen LogP contribution in [0.15, 0.2) is 54.6 Å². The van der Waals surface area contributed by atoms with Crippen LogP contribution in [0, 0.1) is 13.8 Å². The van der Waals surface area contributed by atoms with Gasteiger partial charge in [0.05, 0.1) is 17.1 Å². The number of nitrogens with zero attached hydrogens (tertiary/aromatic N) is 1. The number of thiazole rings is 1. The van der Waals surface area contributed by atoms with Crippen LogP contribution < -0.4 is 5.32 Å². The topological polar surface area (TPSA) is 68.3 Å². The minimum Gasteiger partial charge on any atom is -0.460 e. The van der Waals surface area contributed by atoms with Gasteiger partial charge in [-0.25, -0.2) is 4.98 Å². The predicted molar refractivity (Wildman–Crippen MR) is 110 cm³/mol. The van der Waals surface area contributed by atoms with E-state index >= 15 is 0 Å². The van der Waals surface area contributed by atoms with E-state index in [-0.39, 0.29) is 25.5 Å². The van der Waals surface area contributed by atoms with E-state index in [1.807, 2.05) is 68.4 Å². The summed E-state index contributed by atoms with van der Waals surface area (Å²) in [6.07, 6.45) is 0.181. The second kappa shape index (κ2) is 9.28. The molecule has 0 saturated heterocycles. The van der Waals surface area contributed by atoms with Crippen LogP contribution in [0.4, 0.5) is 0 Å². The highest BCUT2D eigenvalue weighted by Crippen LogP contribution is 2.28. The monoisotopic (exact) mass is 394 g/mol. The van der Waals surface area contributed by atoms with Crippen LogP contribution in [0.2, 0.25) is 0 Å². The van der Waals surface area contributed by atoms with Gasteiger partial charge in [0.25, 0.3) is 0 Å². The SMILES string of the molecule is Cc1ccc(-c2nc(C)sc2CC(=O)NCC(=O)OCc2ccccc2)cc1. The molecule has 1 amide bonds. The summed E-state index contributed by atoms with van der Waals surface area (Å²) in [5.74, 6) is -0.690. The largest absolute Gasteiger partial charge is 0.460 e. The van der Waals surface area contributed by atoms with Crippen molar-refractivity contribution in [3.8, 4) is 11.3 Å². The molecule has 0 radical (unpaired) electrons. The fraction of sp³-hybridized carbons (Fsp3) is 0.227. The fourth-order valence-corrected chi connectivity index (χ4v) is 3.65. The smallest absolute Gasteiger partial charge is 0.325 e. The fourth-order valence-electron chi connectivity index (χ4n) is 2.69. The number of ether oxygens (including phenoxy) is 1.